The molecule has 152 valence electrons. The van der Waals surface area contributed by atoms with Crippen LogP contribution in [0.25, 0.3) is 22.3 Å². The number of nitrogens with one attached hydrogen (secondary N) is 2. The van der Waals surface area contributed by atoms with Crippen LogP contribution in [0.15, 0.2) is 48.9 Å². The van der Waals surface area contributed by atoms with Crippen LogP contribution in [0.3, 0.4) is 0 Å². The van der Waals surface area contributed by atoms with Gasteiger partial charge in [0.25, 0.3) is 0 Å². The van der Waals surface area contributed by atoms with Gasteiger partial charge in [-0.25, -0.2) is 4.98 Å². The zero-order chi connectivity index (χ0) is 20.5. The number of hydrogen-bond acceptors (Lipinski definition) is 7. The highest BCUT2D eigenvalue weighted by Gasteiger charge is 2.22. The van der Waals surface area contributed by atoms with E-state index in [0.29, 0.717) is 0 Å². The summed E-state index contributed by atoms with van der Waals surface area (Å²) in [5.41, 5.74) is 6.59. The third-order valence-corrected chi connectivity index (χ3v) is 5.35. The Morgan fingerprint density at radius 2 is 1.97 bits per heavy atom. The lowest BCUT2D eigenvalue weighted by molar-refractivity contribution is 0.391. The van der Waals surface area contributed by atoms with Crippen LogP contribution in [0.5, 0.6) is 11.5 Å². The number of fused-ring (bicyclic) bond motifs is 2. The highest BCUT2D eigenvalue weighted by Crippen LogP contribution is 2.39. The Kier molecular flexibility index (Phi) is 4.68. The molecule has 0 unspecified atom stereocenters. The number of nitrogens with zero attached hydrogens (tertiary/aromatic N) is 4. The molecule has 3 heterocycles. The average Bonchev–Trinajstić information content (AvgIpc) is 3.25. The third kappa shape index (κ3) is 3.21. The van der Waals surface area contributed by atoms with E-state index in [9.17, 15) is 0 Å². The van der Waals surface area contributed by atoms with Gasteiger partial charge in [-0.05, 0) is 18.2 Å². The summed E-state index contributed by atoms with van der Waals surface area (Å²) in [6.07, 6.45) is 5.33. The van der Waals surface area contributed by atoms with Gasteiger partial charge in [0.15, 0.2) is 0 Å². The SMILES string of the molecule is COc1cc(OC)c2c(c1)N(c1ccc3ncc(-c4cn[nH]c4)nc3c1)CCNC2. The highest BCUT2D eigenvalue weighted by atomic mass is 16.5. The zero-order valence-corrected chi connectivity index (χ0v) is 16.8. The summed E-state index contributed by atoms with van der Waals surface area (Å²) >= 11 is 0. The summed E-state index contributed by atoms with van der Waals surface area (Å²) in [6, 6.07) is 10.1. The molecular formula is C22H22N6O2. The number of methoxy groups -OCH3 is 2. The minimum Gasteiger partial charge on any atom is -0.497 e. The molecule has 2 aromatic carbocycles. The molecule has 2 aromatic heterocycles. The van der Waals surface area contributed by atoms with Crippen molar-refractivity contribution in [1.82, 2.24) is 25.5 Å². The molecule has 1 aliphatic rings. The lowest BCUT2D eigenvalue weighted by Gasteiger charge is -2.26. The van der Waals surface area contributed by atoms with E-state index < -0.39 is 0 Å². The Morgan fingerprint density at radius 3 is 2.77 bits per heavy atom. The second kappa shape index (κ2) is 7.64. The van der Waals surface area contributed by atoms with Gasteiger partial charge in [0.1, 0.15) is 11.5 Å². The number of H-pyrrole nitrogens is 1. The summed E-state index contributed by atoms with van der Waals surface area (Å²) in [7, 11) is 3.36. The first-order chi connectivity index (χ1) is 14.8. The van der Waals surface area contributed by atoms with E-state index in [-0.39, 0.29) is 0 Å². The molecule has 8 nitrogen and oxygen atoms in total. The fourth-order valence-electron chi connectivity index (χ4n) is 3.82. The molecule has 0 fully saturated rings. The maximum absolute atomic E-state index is 5.64. The largest absolute Gasteiger partial charge is 0.497 e. The summed E-state index contributed by atoms with van der Waals surface area (Å²) < 4.78 is 11.2. The maximum Gasteiger partial charge on any atom is 0.129 e. The van der Waals surface area contributed by atoms with Crippen LogP contribution in [0, 0.1) is 0 Å². The average molecular weight is 402 g/mol. The second-order valence-corrected chi connectivity index (χ2v) is 7.07. The number of rotatable bonds is 4. The summed E-state index contributed by atoms with van der Waals surface area (Å²) in [5.74, 6) is 1.58. The van der Waals surface area contributed by atoms with Gasteiger partial charge in [0, 0.05) is 54.8 Å². The number of aromatic nitrogens is 4. The molecular weight excluding hydrogens is 380 g/mol. The van der Waals surface area contributed by atoms with Crippen LogP contribution >= 0.6 is 0 Å². The van der Waals surface area contributed by atoms with Crippen molar-refractivity contribution in [3.8, 4) is 22.8 Å². The number of benzene rings is 2. The van der Waals surface area contributed by atoms with Gasteiger partial charge in [-0.2, -0.15) is 5.10 Å². The van der Waals surface area contributed by atoms with Crippen LogP contribution in [-0.4, -0.2) is 47.5 Å². The van der Waals surface area contributed by atoms with Crippen LogP contribution in [0.1, 0.15) is 5.56 Å². The van der Waals surface area contributed by atoms with Gasteiger partial charge >= 0.3 is 0 Å². The number of aromatic amines is 1. The fourth-order valence-corrected chi connectivity index (χ4v) is 3.82. The van der Waals surface area contributed by atoms with Crippen LogP contribution in [-0.2, 0) is 6.54 Å². The van der Waals surface area contributed by atoms with Crippen LogP contribution in [0.2, 0.25) is 0 Å². The summed E-state index contributed by atoms with van der Waals surface area (Å²) in [6.45, 7) is 2.39. The van der Waals surface area contributed by atoms with Gasteiger partial charge in [0.2, 0.25) is 0 Å². The molecule has 30 heavy (non-hydrogen) atoms. The second-order valence-electron chi connectivity index (χ2n) is 7.07. The molecule has 0 radical (unpaired) electrons. The zero-order valence-electron chi connectivity index (χ0n) is 16.8. The molecule has 2 N–H and O–H groups in total. The van der Waals surface area contributed by atoms with E-state index in [4.69, 9.17) is 14.5 Å². The monoisotopic (exact) mass is 402 g/mol. The Morgan fingerprint density at radius 1 is 1.03 bits per heavy atom. The molecule has 0 bridgehead atoms. The van der Waals surface area contributed by atoms with Crippen molar-refractivity contribution < 1.29 is 9.47 Å². The quantitative estimate of drug-likeness (QED) is 0.542. The predicted molar refractivity (Wildman–Crippen MR) is 115 cm³/mol. The van der Waals surface area contributed by atoms with E-state index in [1.807, 2.05) is 18.3 Å². The molecule has 0 spiro atoms. The summed E-state index contributed by atoms with van der Waals surface area (Å²) in [5, 5.41) is 10.3. The predicted octanol–water partition coefficient (Wildman–Crippen LogP) is 3.28. The highest BCUT2D eigenvalue weighted by molar-refractivity contribution is 5.83. The van der Waals surface area contributed by atoms with Crippen molar-refractivity contribution in [1.29, 1.82) is 0 Å². The first-order valence-corrected chi connectivity index (χ1v) is 9.76. The topological polar surface area (TPSA) is 88.2 Å². The normalized spacial score (nSPS) is 13.7. The van der Waals surface area contributed by atoms with Crippen molar-refractivity contribution in [3.63, 3.8) is 0 Å². The molecule has 8 heteroatoms. The fraction of sp³-hybridized carbons (Fsp3) is 0.227. The number of ether oxygens (including phenoxy) is 2. The van der Waals surface area contributed by atoms with Gasteiger partial charge in [-0.1, -0.05) is 0 Å². The molecule has 0 aliphatic carbocycles. The first kappa shape index (κ1) is 18.4. The van der Waals surface area contributed by atoms with Crippen molar-refractivity contribution in [2.45, 2.75) is 6.54 Å². The standard InChI is InChI=1S/C22H22N6O2/c1-29-16-8-21-17(22(9-16)30-2)12-23-5-6-28(21)15-3-4-18-19(7-15)27-20(13-24-18)14-10-25-26-11-14/h3-4,7-11,13,23H,5-6,12H2,1-2H3,(H,25,26). The van der Waals surface area contributed by atoms with E-state index in [2.05, 4.69) is 43.6 Å². The van der Waals surface area contributed by atoms with E-state index in [0.717, 1.165) is 70.4 Å². The Hall–Kier alpha value is -3.65. The maximum atomic E-state index is 5.64. The van der Waals surface area contributed by atoms with Crippen LogP contribution < -0.4 is 19.7 Å². The lowest BCUT2D eigenvalue weighted by atomic mass is 10.1. The molecule has 1 aliphatic heterocycles. The van der Waals surface area contributed by atoms with E-state index in [1.165, 1.54) is 0 Å². The molecule has 5 rings (SSSR count). The van der Waals surface area contributed by atoms with Gasteiger partial charge in [-0.15, -0.1) is 0 Å². The summed E-state index contributed by atoms with van der Waals surface area (Å²) in [4.78, 5) is 11.6. The minimum atomic E-state index is 0.733. The molecule has 0 amide bonds. The van der Waals surface area contributed by atoms with Crippen molar-refractivity contribution in [2.75, 3.05) is 32.2 Å². The van der Waals surface area contributed by atoms with Crippen LogP contribution in [0.4, 0.5) is 11.4 Å². The van der Waals surface area contributed by atoms with E-state index in [1.54, 1.807) is 26.6 Å². The molecule has 0 atom stereocenters. The molecule has 0 saturated carbocycles. The Bertz CT molecular complexity index is 1190. The Labute approximate surface area is 173 Å². The van der Waals surface area contributed by atoms with Gasteiger partial charge in [0.05, 0.1) is 49.0 Å². The first-order valence-electron chi connectivity index (χ1n) is 9.76. The van der Waals surface area contributed by atoms with Crippen molar-refractivity contribution in [3.05, 3.63) is 54.5 Å². The van der Waals surface area contributed by atoms with E-state index >= 15 is 0 Å². The number of hydrogen-bond donors (Lipinski definition) is 2. The number of anilines is 2. The van der Waals surface area contributed by atoms with Gasteiger partial charge < -0.3 is 19.7 Å². The third-order valence-electron chi connectivity index (χ3n) is 5.35. The lowest BCUT2D eigenvalue weighted by Crippen LogP contribution is -2.24. The molecule has 0 saturated heterocycles. The minimum absolute atomic E-state index is 0.733. The smallest absolute Gasteiger partial charge is 0.129 e. The Balaban J connectivity index is 1.63. The van der Waals surface area contributed by atoms with Crippen molar-refractivity contribution >= 4 is 22.4 Å². The van der Waals surface area contributed by atoms with Crippen molar-refractivity contribution in [2.24, 2.45) is 0 Å². The molecule has 4 aromatic rings. The van der Waals surface area contributed by atoms with Gasteiger partial charge in [-0.3, -0.25) is 10.1 Å².